The van der Waals surface area contributed by atoms with Crippen LogP contribution in [0.2, 0.25) is 0 Å². The Hall–Kier alpha value is -4.27. The number of hydrogen-bond donors (Lipinski definition) is 2. The van der Waals surface area contributed by atoms with Gasteiger partial charge in [0, 0.05) is 6.07 Å². The van der Waals surface area contributed by atoms with E-state index in [9.17, 15) is 4.79 Å². The van der Waals surface area contributed by atoms with Gasteiger partial charge in [-0.2, -0.15) is 0 Å². The second-order valence-corrected chi connectivity index (χ2v) is 7.47. The molecule has 1 atom stereocenters. The van der Waals surface area contributed by atoms with Crippen LogP contribution in [0.1, 0.15) is 24.4 Å². The summed E-state index contributed by atoms with van der Waals surface area (Å²) in [7, 11) is 1.60. The summed E-state index contributed by atoms with van der Waals surface area (Å²) in [4.78, 5) is 34.3. The van der Waals surface area contributed by atoms with Crippen LogP contribution in [0.5, 0.6) is 5.75 Å². The molecule has 1 unspecified atom stereocenters. The topological polar surface area (TPSA) is 111 Å². The number of imidazole rings is 1. The van der Waals surface area contributed by atoms with Crippen molar-refractivity contribution < 1.29 is 4.74 Å². The minimum Gasteiger partial charge on any atom is -0.497 e. The van der Waals surface area contributed by atoms with Crippen molar-refractivity contribution >= 4 is 27.9 Å². The number of ether oxygens (including phenoxy) is 1. The SMILES string of the molecule is COc1cccc(-n2c(C(C)Nc3ncnc4nc[nH]c34)nc3cccc(C)c3c2=O)c1. The van der Waals surface area contributed by atoms with E-state index in [0.29, 0.717) is 45.1 Å². The van der Waals surface area contributed by atoms with Crippen LogP contribution in [0.3, 0.4) is 0 Å². The van der Waals surface area contributed by atoms with Crippen LogP contribution in [0.25, 0.3) is 27.8 Å². The van der Waals surface area contributed by atoms with Crippen molar-refractivity contribution in [3.8, 4) is 11.4 Å². The number of aromatic nitrogens is 6. The van der Waals surface area contributed by atoms with Crippen LogP contribution in [-0.2, 0) is 0 Å². The summed E-state index contributed by atoms with van der Waals surface area (Å²) in [6.45, 7) is 3.85. The third-order valence-corrected chi connectivity index (χ3v) is 5.41. The Morgan fingerprint density at radius 1 is 1.12 bits per heavy atom. The van der Waals surface area contributed by atoms with Crippen molar-refractivity contribution in [2.75, 3.05) is 12.4 Å². The van der Waals surface area contributed by atoms with Crippen LogP contribution in [0.15, 0.2) is 59.9 Å². The van der Waals surface area contributed by atoms with Gasteiger partial charge in [-0.15, -0.1) is 0 Å². The molecule has 32 heavy (non-hydrogen) atoms. The Balaban J connectivity index is 1.72. The van der Waals surface area contributed by atoms with Gasteiger partial charge in [-0.25, -0.2) is 19.9 Å². The molecule has 0 aliphatic rings. The molecule has 0 aliphatic heterocycles. The van der Waals surface area contributed by atoms with E-state index in [-0.39, 0.29) is 11.6 Å². The zero-order chi connectivity index (χ0) is 22.2. The molecular weight excluding hydrogens is 406 g/mol. The van der Waals surface area contributed by atoms with Crippen molar-refractivity contribution in [3.63, 3.8) is 0 Å². The molecule has 0 aliphatic carbocycles. The highest BCUT2D eigenvalue weighted by atomic mass is 16.5. The van der Waals surface area contributed by atoms with E-state index in [1.54, 1.807) is 18.0 Å². The van der Waals surface area contributed by atoms with Crippen LogP contribution in [-0.4, -0.2) is 36.6 Å². The molecule has 5 aromatic rings. The first-order valence-corrected chi connectivity index (χ1v) is 10.1. The Bertz CT molecular complexity index is 1510. The summed E-state index contributed by atoms with van der Waals surface area (Å²) < 4.78 is 7.01. The van der Waals surface area contributed by atoms with Crippen LogP contribution in [0, 0.1) is 6.92 Å². The first-order valence-electron chi connectivity index (χ1n) is 10.1. The third-order valence-electron chi connectivity index (χ3n) is 5.41. The molecule has 5 rings (SSSR count). The van der Waals surface area contributed by atoms with Gasteiger partial charge in [0.05, 0.1) is 36.1 Å². The summed E-state index contributed by atoms with van der Waals surface area (Å²) in [6, 6.07) is 12.7. The van der Waals surface area contributed by atoms with Crippen molar-refractivity contribution in [1.29, 1.82) is 0 Å². The number of nitrogens with one attached hydrogen (secondary N) is 2. The second-order valence-electron chi connectivity index (χ2n) is 7.47. The van der Waals surface area contributed by atoms with Gasteiger partial charge in [0.2, 0.25) is 0 Å². The highest BCUT2D eigenvalue weighted by molar-refractivity contribution is 5.83. The molecule has 9 heteroatoms. The number of benzene rings is 2. The van der Waals surface area contributed by atoms with Gasteiger partial charge in [0.1, 0.15) is 23.4 Å². The maximum atomic E-state index is 13.7. The molecule has 3 aromatic heterocycles. The summed E-state index contributed by atoms with van der Waals surface area (Å²) in [5.41, 5.74) is 3.29. The largest absolute Gasteiger partial charge is 0.497 e. The number of H-pyrrole nitrogens is 1. The number of rotatable bonds is 5. The quantitative estimate of drug-likeness (QED) is 0.441. The maximum Gasteiger partial charge on any atom is 0.266 e. The van der Waals surface area contributed by atoms with Gasteiger partial charge in [-0.3, -0.25) is 9.36 Å². The van der Waals surface area contributed by atoms with Gasteiger partial charge in [0.25, 0.3) is 5.56 Å². The third kappa shape index (κ3) is 3.24. The second kappa shape index (κ2) is 7.77. The number of nitrogens with zero attached hydrogens (tertiary/aromatic N) is 5. The van der Waals surface area contributed by atoms with Crippen molar-refractivity contribution in [2.24, 2.45) is 0 Å². The predicted octanol–water partition coefficient (Wildman–Crippen LogP) is 3.54. The molecule has 0 spiro atoms. The van der Waals surface area contributed by atoms with Crippen LogP contribution < -0.4 is 15.6 Å². The normalized spacial score (nSPS) is 12.2. The molecule has 0 saturated carbocycles. The fourth-order valence-corrected chi connectivity index (χ4v) is 3.85. The minimum absolute atomic E-state index is 0.139. The highest BCUT2D eigenvalue weighted by Crippen LogP contribution is 2.25. The van der Waals surface area contributed by atoms with E-state index >= 15 is 0 Å². The zero-order valence-electron chi connectivity index (χ0n) is 17.8. The molecule has 0 radical (unpaired) electrons. The predicted molar refractivity (Wildman–Crippen MR) is 122 cm³/mol. The molecule has 9 nitrogen and oxygen atoms in total. The molecule has 2 aromatic carbocycles. The molecular formula is C23H21N7O2. The number of aromatic amines is 1. The average Bonchev–Trinajstić information content (AvgIpc) is 3.29. The molecule has 0 saturated heterocycles. The molecule has 2 N–H and O–H groups in total. The van der Waals surface area contributed by atoms with E-state index in [1.807, 2.05) is 56.3 Å². The Morgan fingerprint density at radius 2 is 1.97 bits per heavy atom. The van der Waals surface area contributed by atoms with E-state index in [1.165, 1.54) is 6.33 Å². The van der Waals surface area contributed by atoms with Gasteiger partial charge < -0.3 is 15.0 Å². The van der Waals surface area contributed by atoms with Crippen molar-refractivity contribution in [3.05, 3.63) is 76.9 Å². The lowest BCUT2D eigenvalue weighted by atomic mass is 10.1. The number of hydrogen-bond acceptors (Lipinski definition) is 7. The average molecular weight is 427 g/mol. The molecule has 0 fully saturated rings. The highest BCUT2D eigenvalue weighted by Gasteiger charge is 2.20. The zero-order valence-corrected chi connectivity index (χ0v) is 17.8. The lowest BCUT2D eigenvalue weighted by Gasteiger charge is -2.21. The lowest BCUT2D eigenvalue weighted by Crippen LogP contribution is -2.28. The minimum atomic E-state index is -0.361. The smallest absolute Gasteiger partial charge is 0.266 e. The number of anilines is 1. The number of methoxy groups -OCH3 is 1. The Morgan fingerprint density at radius 3 is 2.81 bits per heavy atom. The molecule has 3 heterocycles. The number of fused-ring (bicyclic) bond motifs is 2. The summed E-state index contributed by atoms with van der Waals surface area (Å²) in [6.07, 6.45) is 3.02. The van der Waals surface area contributed by atoms with Gasteiger partial charge in [0.15, 0.2) is 11.5 Å². The van der Waals surface area contributed by atoms with E-state index in [0.717, 1.165) is 5.56 Å². The summed E-state index contributed by atoms with van der Waals surface area (Å²) in [5, 5.41) is 3.94. The Labute approximate surface area is 183 Å². The summed E-state index contributed by atoms with van der Waals surface area (Å²) >= 11 is 0. The van der Waals surface area contributed by atoms with Crippen molar-refractivity contribution in [1.82, 2.24) is 29.5 Å². The first-order chi connectivity index (χ1) is 15.6. The number of aryl methyl sites for hydroxylation is 1. The standard InChI is InChI=1S/C23H21N7O2/c1-13-6-4-9-17-18(13)23(31)30(15-7-5-8-16(10-15)32-3)22(29-17)14(2)28-21-19-20(25-11-24-19)26-12-27-21/h4-12,14H,1-3H3,(H2,24,25,26,27,28). The van der Waals surface area contributed by atoms with Crippen LogP contribution >= 0.6 is 0 Å². The van der Waals surface area contributed by atoms with Crippen molar-refractivity contribution in [2.45, 2.75) is 19.9 Å². The van der Waals surface area contributed by atoms with Gasteiger partial charge >= 0.3 is 0 Å². The van der Waals surface area contributed by atoms with Gasteiger partial charge in [-0.05, 0) is 37.6 Å². The van der Waals surface area contributed by atoms with E-state index in [2.05, 4.69) is 25.3 Å². The monoisotopic (exact) mass is 427 g/mol. The fraction of sp³-hybridized carbons (Fsp3) is 0.174. The van der Waals surface area contributed by atoms with E-state index in [4.69, 9.17) is 9.72 Å². The Kier molecular flexibility index (Phi) is 4.78. The maximum absolute atomic E-state index is 13.7. The fourth-order valence-electron chi connectivity index (χ4n) is 3.85. The lowest BCUT2D eigenvalue weighted by molar-refractivity contribution is 0.414. The first kappa shape index (κ1) is 19.7. The molecule has 0 amide bonds. The molecule has 160 valence electrons. The van der Waals surface area contributed by atoms with Gasteiger partial charge in [-0.1, -0.05) is 18.2 Å². The summed E-state index contributed by atoms with van der Waals surface area (Å²) in [5.74, 6) is 1.78. The van der Waals surface area contributed by atoms with E-state index < -0.39 is 0 Å². The molecule has 0 bridgehead atoms. The van der Waals surface area contributed by atoms with Crippen LogP contribution in [0.4, 0.5) is 5.82 Å².